The van der Waals surface area contributed by atoms with Crippen LogP contribution in [-0.4, -0.2) is 23.7 Å². The Hall–Kier alpha value is -1.46. The van der Waals surface area contributed by atoms with Crippen LogP contribution in [0.5, 0.6) is 0 Å². The van der Waals surface area contributed by atoms with Crippen molar-refractivity contribution in [3.63, 3.8) is 0 Å². The molecule has 2 atom stereocenters. The van der Waals surface area contributed by atoms with Crippen LogP contribution in [0.4, 0.5) is 4.39 Å². The van der Waals surface area contributed by atoms with Gasteiger partial charge in [-0.2, -0.15) is 0 Å². The van der Waals surface area contributed by atoms with E-state index in [1.165, 1.54) is 18.2 Å². The minimum atomic E-state index is -1.27. The number of hydrogen-bond donors (Lipinski definition) is 2. The first-order valence-electron chi connectivity index (χ1n) is 5.33. The number of halogens is 1. The number of benzene rings is 1. The molecule has 0 spiro atoms. The van der Waals surface area contributed by atoms with E-state index in [4.69, 9.17) is 5.73 Å². The summed E-state index contributed by atoms with van der Waals surface area (Å²) in [5.41, 5.74) is 6.24. The van der Waals surface area contributed by atoms with E-state index in [2.05, 4.69) is 4.74 Å². The predicted molar refractivity (Wildman–Crippen MR) is 60.7 cm³/mol. The van der Waals surface area contributed by atoms with Gasteiger partial charge < -0.3 is 15.6 Å². The van der Waals surface area contributed by atoms with Crippen molar-refractivity contribution in [2.24, 2.45) is 5.73 Å². The Morgan fingerprint density at radius 1 is 1.59 bits per heavy atom. The molecule has 0 saturated carbocycles. The molecule has 17 heavy (non-hydrogen) atoms. The van der Waals surface area contributed by atoms with Crippen molar-refractivity contribution in [1.82, 2.24) is 0 Å². The number of ether oxygens (including phenoxy) is 1. The van der Waals surface area contributed by atoms with Gasteiger partial charge in [0.05, 0.1) is 6.61 Å². The van der Waals surface area contributed by atoms with E-state index in [0.717, 1.165) is 0 Å². The van der Waals surface area contributed by atoms with Gasteiger partial charge in [0.1, 0.15) is 18.0 Å². The Bertz CT molecular complexity index is 409. The molecule has 0 bridgehead atoms. The molecule has 0 amide bonds. The van der Waals surface area contributed by atoms with Gasteiger partial charge in [0.25, 0.3) is 0 Å². The second-order valence-corrected chi connectivity index (χ2v) is 3.73. The van der Waals surface area contributed by atoms with Gasteiger partial charge in [-0.3, -0.25) is 4.79 Å². The van der Waals surface area contributed by atoms with Crippen LogP contribution in [0.1, 0.15) is 24.2 Å². The number of esters is 1. The van der Waals surface area contributed by atoms with Gasteiger partial charge in [-0.05, 0) is 31.0 Å². The minimum Gasteiger partial charge on any atom is -0.465 e. The lowest BCUT2D eigenvalue weighted by Crippen LogP contribution is -2.38. The molecule has 5 heteroatoms. The van der Waals surface area contributed by atoms with Gasteiger partial charge >= 0.3 is 5.97 Å². The molecule has 0 heterocycles. The second-order valence-electron chi connectivity index (χ2n) is 3.73. The van der Waals surface area contributed by atoms with Gasteiger partial charge in [-0.25, -0.2) is 4.39 Å². The molecule has 1 aromatic rings. The molecule has 0 aliphatic carbocycles. The van der Waals surface area contributed by atoms with Gasteiger partial charge in [0.2, 0.25) is 0 Å². The van der Waals surface area contributed by atoms with Crippen LogP contribution >= 0.6 is 0 Å². The number of hydrogen-bond acceptors (Lipinski definition) is 4. The predicted octanol–water partition coefficient (Wildman–Crippen LogP) is 1.06. The summed E-state index contributed by atoms with van der Waals surface area (Å²) in [6, 6.07) is 3.00. The summed E-state index contributed by atoms with van der Waals surface area (Å²) in [6.07, 6.45) is -1.27. The molecule has 0 saturated heterocycles. The maximum Gasteiger partial charge on any atom is 0.325 e. The lowest BCUT2D eigenvalue weighted by molar-refractivity contribution is -0.147. The zero-order valence-electron chi connectivity index (χ0n) is 9.81. The van der Waals surface area contributed by atoms with E-state index in [0.29, 0.717) is 5.56 Å². The standard InChI is InChI=1S/C12H16FNO3/c1-3-17-12(16)10(14)11(15)8-5-4-7(2)9(13)6-8/h4-6,10-11,15H,3,14H2,1-2H3. The SMILES string of the molecule is CCOC(=O)C(N)C(O)c1ccc(C)c(F)c1. The maximum atomic E-state index is 13.3. The van der Waals surface area contributed by atoms with Crippen LogP contribution in [0.3, 0.4) is 0 Å². The average molecular weight is 241 g/mol. The number of carbonyl (C=O) groups excluding carboxylic acids is 1. The summed E-state index contributed by atoms with van der Waals surface area (Å²) < 4.78 is 18.0. The third kappa shape index (κ3) is 3.25. The normalized spacial score (nSPS) is 14.2. The van der Waals surface area contributed by atoms with E-state index in [1.54, 1.807) is 13.8 Å². The summed E-state index contributed by atoms with van der Waals surface area (Å²) in [5.74, 6) is -1.15. The van der Waals surface area contributed by atoms with Crippen LogP contribution < -0.4 is 5.73 Å². The van der Waals surface area contributed by atoms with E-state index < -0.39 is 23.9 Å². The summed E-state index contributed by atoms with van der Waals surface area (Å²) in [5, 5.41) is 9.81. The quantitative estimate of drug-likeness (QED) is 0.773. The molecule has 4 nitrogen and oxygen atoms in total. The van der Waals surface area contributed by atoms with Gasteiger partial charge in [-0.1, -0.05) is 12.1 Å². The van der Waals surface area contributed by atoms with E-state index in [9.17, 15) is 14.3 Å². The van der Waals surface area contributed by atoms with Gasteiger partial charge in [0, 0.05) is 0 Å². The first-order chi connectivity index (χ1) is 7.97. The van der Waals surface area contributed by atoms with E-state index in [-0.39, 0.29) is 12.2 Å². The maximum absolute atomic E-state index is 13.3. The fourth-order valence-electron chi connectivity index (χ4n) is 1.37. The number of aryl methyl sites for hydroxylation is 1. The van der Waals surface area contributed by atoms with Crippen molar-refractivity contribution in [2.75, 3.05) is 6.61 Å². The summed E-state index contributed by atoms with van der Waals surface area (Å²) in [4.78, 5) is 11.3. The average Bonchev–Trinajstić information content (AvgIpc) is 2.31. The molecular formula is C12H16FNO3. The lowest BCUT2D eigenvalue weighted by Gasteiger charge is -2.17. The first-order valence-corrected chi connectivity index (χ1v) is 5.33. The highest BCUT2D eigenvalue weighted by Gasteiger charge is 2.25. The molecule has 0 aromatic heterocycles. The molecule has 0 aliphatic heterocycles. The fraction of sp³-hybridized carbons (Fsp3) is 0.417. The van der Waals surface area contributed by atoms with Gasteiger partial charge in [0.15, 0.2) is 0 Å². The molecule has 0 radical (unpaired) electrons. The highest BCUT2D eigenvalue weighted by molar-refractivity contribution is 5.76. The number of carbonyl (C=O) groups is 1. The summed E-state index contributed by atoms with van der Waals surface area (Å²) in [6.45, 7) is 3.43. The zero-order valence-corrected chi connectivity index (χ0v) is 9.81. The molecule has 3 N–H and O–H groups in total. The van der Waals surface area contributed by atoms with Crippen LogP contribution in [0.15, 0.2) is 18.2 Å². The molecular weight excluding hydrogens is 225 g/mol. The van der Waals surface area contributed by atoms with Crippen molar-refractivity contribution in [3.05, 3.63) is 35.1 Å². The van der Waals surface area contributed by atoms with Crippen molar-refractivity contribution in [1.29, 1.82) is 0 Å². The molecule has 1 rings (SSSR count). The van der Waals surface area contributed by atoms with E-state index >= 15 is 0 Å². The second kappa shape index (κ2) is 5.75. The highest BCUT2D eigenvalue weighted by Crippen LogP contribution is 2.19. The fourth-order valence-corrected chi connectivity index (χ4v) is 1.37. The minimum absolute atomic E-state index is 0.182. The summed E-state index contributed by atoms with van der Waals surface area (Å²) in [7, 11) is 0. The van der Waals surface area contributed by atoms with Crippen molar-refractivity contribution >= 4 is 5.97 Å². The number of aliphatic hydroxyl groups excluding tert-OH is 1. The molecule has 94 valence electrons. The topological polar surface area (TPSA) is 72.5 Å². The van der Waals surface area contributed by atoms with Crippen molar-refractivity contribution < 1.29 is 19.0 Å². The molecule has 0 aliphatic rings. The molecule has 2 unspecified atom stereocenters. The summed E-state index contributed by atoms with van der Waals surface area (Å²) >= 11 is 0. The third-order valence-electron chi connectivity index (χ3n) is 2.44. The van der Waals surface area contributed by atoms with Crippen molar-refractivity contribution in [2.45, 2.75) is 26.0 Å². The number of rotatable bonds is 4. The van der Waals surface area contributed by atoms with Crippen LogP contribution in [0.2, 0.25) is 0 Å². The third-order valence-corrected chi connectivity index (χ3v) is 2.44. The zero-order chi connectivity index (χ0) is 13.0. The monoisotopic (exact) mass is 241 g/mol. The smallest absolute Gasteiger partial charge is 0.325 e. The van der Waals surface area contributed by atoms with E-state index in [1.807, 2.05) is 0 Å². The Morgan fingerprint density at radius 2 is 2.24 bits per heavy atom. The number of nitrogens with two attached hydrogens (primary N) is 1. The molecule has 1 aromatic carbocycles. The molecule has 0 fully saturated rings. The van der Waals surface area contributed by atoms with Crippen LogP contribution in [0.25, 0.3) is 0 Å². The lowest BCUT2D eigenvalue weighted by atomic mass is 10.0. The highest BCUT2D eigenvalue weighted by atomic mass is 19.1. The van der Waals surface area contributed by atoms with Crippen LogP contribution in [-0.2, 0) is 9.53 Å². The Kier molecular flexibility index (Phi) is 4.60. The Morgan fingerprint density at radius 3 is 2.76 bits per heavy atom. The Labute approximate surface area is 99.2 Å². The largest absolute Gasteiger partial charge is 0.465 e. The van der Waals surface area contributed by atoms with Crippen LogP contribution in [0, 0.1) is 12.7 Å². The Balaban J connectivity index is 2.84. The van der Waals surface area contributed by atoms with Gasteiger partial charge in [-0.15, -0.1) is 0 Å². The number of aliphatic hydroxyl groups is 1. The van der Waals surface area contributed by atoms with Crippen molar-refractivity contribution in [3.8, 4) is 0 Å². The first kappa shape index (κ1) is 13.6.